The summed E-state index contributed by atoms with van der Waals surface area (Å²) in [7, 11) is 0. The highest BCUT2D eigenvalue weighted by atomic mass is 16.3. The first-order chi connectivity index (χ1) is 9.77. The molecule has 5 heteroatoms. The molecule has 0 spiro atoms. The third-order valence-corrected chi connectivity index (χ3v) is 3.64. The molecule has 2 N–H and O–H groups in total. The van der Waals surface area contributed by atoms with E-state index >= 15 is 0 Å². The highest BCUT2D eigenvalue weighted by molar-refractivity contribution is 5.96. The minimum Gasteiger partial charge on any atom is -0.506 e. The van der Waals surface area contributed by atoms with Crippen molar-refractivity contribution in [3.63, 3.8) is 0 Å². The molecule has 1 aliphatic heterocycles. The Balaban J connectivity index is 2.02. The second-order valence-corrected chi connectivity index (χ2v) is 6.45. The fraction of sp³-hybridized carbons (Fsp3) is 0.500. The average molecular weight is 290 g/mol. The van der Waals surface area contributed by atoms with E-state index in [9.17, 15) is 14.7 Å². The van der Waals surface area contributed by atoms with Crippen LogP contribution in [0.25, 0.3) is 0 Å². The lowest BCUT2D eigenvalue weighted by atomic mass is 9.87. The van der Waals surface area contributed by atoms with E-state index in [1.54, 1.807) is 12.1 Å². The Morgan fingerprint density at radius 2 is 2.10 bits per heavy atom. The van der Waals surface area contributed by atoms with Gasteiger partial charge in [0, 0.05) is 13.0 Å². The summed E-state index contributed by atoms with van der Waals surface area (Å²) in [6.07, 6.45) is 1.32. The molecule has 21 heavy (non-hydrogen) atoms. The highest BCUT2D eigenvalue weighted by Crippen LogP contribution is 2.30. The van der Waals surface area contributed by atoms with Gasteiger partial charge in [0.15, 0.2) is 0 Å². The van der Waals surface area contributed by atoms with Gasteiger partial charge in [0.2, 0.25) is 11.8 Å². The van der Waals surface area contributed by atoms with Crippen LogP contribution in [0.5, 0.6) is 5.75 Å². The Morgan fingerprint density at radius 3 is 2.62 bits per heavy atom. The van der Waals surface area contributed by atoms with E-state index in [2.05, 4.69) is 26.1 Å². The molecule has 1 fully saturated rings. The zero-order chi connectivity index (χ0) is 15.6. The SMILES string of the molecule is CC(C)(C)c1ccc(NC(=O)CN2CCCC2=O)c(O)c1. The normalized spacial score (nSPS) is 15.4. The number of aromatic hydroxyl groups is 1. The number of amides is 2. The van der Waals surface area contributed by atoms with Crippen molar-refractivity contribution in [2.75, 3.05) is 18.4 Å². The van der Waals surface area contributed by atoms with Gasteiger partial charge in [-0.05, 0) is 29.5 Å². The van der Waals surface area contributed by atoms with Crippen LogP contribution in [0.4, 0.5) is 5.69 Å². The summed E-state index contributed by atoms with van der Waals surface area (Å²) in [4.78, 5) is 25.0. The van der Waals surface area contributed by atoms with Gasteiger partial charge < -0.3 is 15.3 Å². The predicted octanol–water partition coefficient (Wildman–Crippen LogP) is 2.25. The molecule has 1 aliphatic rings. The zero-order valence-corrected chi connectivity index (χ0v) is 12.8. The molecule has 2 rings (SSSR count). The molecule has 1 aromatic rings. The smallest absolute Gasteiger partial charge is 0.244 e. The minimum absolute atomic E-state index is 0.0115. The van der Waals surface area contributed by atoms with Crippen molar-refractivity contribution >= 4 is 17.5 Å². The number of hydrogen-bond acceptors (Lipinski definition) is 3. The summed E-state index contributed by atoms with van der Waals surface area (Å²) in [6.45, 7) is 6.83. The molecule has 0 saturated carbocycles. The maximum atomic E-state index is 11.9. The first kappa shape index (κ1) is 15.4. The summed E-state index contributed by atoms with van der Waals surface area (Å²) in [6, 6.07) is 5.24. The number of nitrogens with one attached hydrogen (secondary N) is 1. The number of phenols is 1. The summed E-state index contributed by atoms with van der Waals surface area (Å²) < 4.78 is 0. The van der Waals surface area contributed by atoms with Crippen LogP contribution < -0.4 is 5.32 Å². The number of likely N-dealkylation sites (tertiary alicyclic amines) is 1. The monoisotopic (exact) mass is 290 g/mol. The van der Waals surface area contributed by atoms with Gasteiger partial charge in [-0.1, -0.05) is 26.8 Å². The van der Waals surface area contributed by atoms with E-state index in [1.165, 1.54) is 4.90 Å². The summed E-state index contributed by atoms with van der Waals surface area (Å²) in [5.41, 5.74) is 1.30. The molecule has 0 bridgehead atoms. The van der Waals surface area contributed by atoms with Gasteiger partial charge in [-0.25, -0.2) is 0 Å². The molecule has 0 unspecified atom stereocenters. The molecule has 0 radical (unpaired) electrons. The summed E-state index contributed by atoms with van der Waals surface area (Å²) in [5.74, 6) is -0.231. The number of phenolic OH excluding ortho intramolecular Hbond substituents is 1. The van der Waals surface area contributed by atoms with Crippen molar-refractivity contribution in [3.05, 3.63) is 23.8 Å². The Kier molecular flexibility index (Phi) is 4.21. The molecule has 0 atom stereocenters. The molecule has 5 nitrogen and oxygen atoms in total. The van der Waals surface area contributed by atoms with E-state index in [0.29, 0.717) is 18.7 Å². The van der Waals surface area contributed by atoms with Gasteiger partial charge in [0.25, 0.3) is 0 Å². The lowest BCUT2D eigenvalue weighted by molar-refractivity contribution is -0.131. The maximum absolute atomic E-state index is 11.9. The summed E-state index contributed by atoms with van der Waals surface area (Å²) in [5, 5.41) is 12.7. The number of carbonyl (C=O) groups excluding carboxylic acids is 2. The van der Waals surface area contributed by atoms with Crippen molar-refractivity contribution in [3.8, 4) is 5.75 Å². The Morgan fingerprint density at radius 1 is 1.38 bits per heavy atom. The van der Waals surface area contributed by atoms with Gasteiger partial charge in [-0.3, -0.25) is 9.59 Å². The topological polar surface area (TPSA) is 69.6 Å². The van der Waals surface area contributed by atoms with Crippen molar-refractivity contribution in [2.24, 2.45) is 0 Å². The quantitative estimate of drug-likeness (QED) is 0.839. The molecule has 0 aromatic heterocycles. The Labute approximate surface area is 125 Å². The molecule has 1 aromatic carbocycles. The largest absolute Gasteiger partial charge is 0.506 e. The lowest BCUT2D eigenvalue weighted by Gasteiger charge is -2.20. The number of rotatable bonds is 3. The third-order valence-electron chi connectivity index (χ3n) is 3.64. The van der Waals surface area contributed by atoms with Gasteiger partial charge in [0.05, 0.1) is 12.2 Å². The van der Waals surface area contributed by atoms with Crippen LogP contribution in [0.1, 0.15) is 39.2 Å². The van der Waals surface area contributed by atoms with Crippen LogP contribution in [0, 0.1) is 0 Å². The molecule has 1 saturated heterocycles. The fourth-order valence-electron chi connectivity index (χ4n) is 2.34. The lowest BCUT2D eigenvalue weighted by Crippen LogP contribution is -2.33. The standard InChI is InChI=1S/C16H22N2O3/c1-16(2,3)11-6-7-12(13(19)9-11)17-14(20)10-18-8-4-5-15(18)21/h6-7,9,19H,4-5,8,10H2,1-3H3,(H,17,20). The highest BCUT2D eigenvalue weighted by Gasteiger charge is 2.23. The van der Waals surface area contributed by atoms with E-state index in [4.69, 9.17) is 0 Å². The molecule has 114 valence electrons. The van der Waals surface area contributed by atoms with Crippen LogP contribution in [0.3, 0.4) is 0 Å². The molecular weight excluding hydrogens is 268 g/mol. The van der Waals surface area contributed by atoms with Crippen LogP contribution in [-0.4, -0.2) is 34.9 Å². The van der Waals surface area contributed by atoms with E-state index in [1.807, 2.05) is 6.07 Å². The number of carbonyl (C=O) groups is 2. The van der Waals surface area contributed by atoms with Crippen LogP contribution >= 0.6 is 0 Å². The van der Waals surface area contributed by atoms with Gasteiger partial charge >= 0.3 is 0 Å². The van der Waals surface area contributed by atoms with Gasteiger partial charge in [-0.15, -0.1) is 0 Å². The van der Waals surface area contributed by atoms with E-state index in [0.717, 1.165) is 12.0 Å². The van der Waals surface area contributed by atoms with Crippen molar-refractivity contribution in [1.82, 2.24) is 4.90 Å². The number of hydrogen-bond donors (Lipinski definition) is 2. The zero-order valence-electron chi connectivity index (χ0n) is 12.8. The Bertz CT molecular complexity index is 561. The van der Waals surface area contributed by atoms with Gasteiger partial charge in [-0.2, -0.15) is 0 Å². The second-order valence-electron chi connectivity index (χ2n) is 6.45. The van der Waals surface area contributed by atoms with Gasteiger partial charge in [0.1, 0.15) is 5.75 Å². The van der Waals surface area contributed by atoms with E-state index in [-0.39, 0.29) is 29.5 Å². The number of anilines is 1. The number of nitrogens with zero attached hydrogens (tertiary/aromatic N) is 1. The number of benzene rings is 1. The van der Waals surface area contributed by atoms with Crippen LogP contribution in [-0.2, 0) is 15.0 Å². The summed E-state index contributed by atoms with van der Waals surface area (Å²) >= 11 is 0. The minimum atomic E-state index is -0.288. The predicted molar refractivity (Wildman–Crippen MR) is 81.3 cm³/mol. The molecular formula is C16H22N2O3. The van der Waals surface area contributed by atoms with Crippen molar-refractivity contribution in [1.29, 1.82) is 0 Å². The average Bonchev–Trinajstić information content (AvgIpc) is 2.76. The van der Waals surface area contributed by atoms with E-state index < -0.39 is 0 Å². The maximum Gasteiger partial charge on any atom is 0.244 e. The first-order valence-electron chi connectivity index (χ1n) is 7.18. The fourth-order valence-corrected chi connectivity index (χ4v) is 2.34. The molecule has 0 aliphatic carbocycles. The van der Waals surface area contributed by atoms with Crippen molar-refractivity contribution in [2.45, 2.75) is 39.0 Å². The van der Waals surface area contributed by atoms with Crippen LogP contribution in [0.2, 0.25) is 0 Å². The van der Waals surface area contributed by atoms with Crippen LogP contribution in [0.15, 0.2) is 18.2 Å². The Hall–Kier alpha value is -2.04. The molecule has 1 heterocycles. The van der Waals surface area contributed by atoms with Crippen molar-refractivity contribution < 1.29 is 14.7 Å². The molecule has 2 amide bonds. The third kappa shape index (κ3) is 3.74. The second kappa shape index (κ2) is 5.76. The first-order valence-corrected chi connectivity index (χ1v) is 7.18.